The molecule has 144 valence electrons. The van der Waals surface area contributed by atoms with Crippen molar-refractivity contribution in [2.45, 2.75) is 25.5 Å². The number of aromatic nitrogens is 2. The smallest absolute Gasteiger partial charge is 0.410 e. The molecule has 0 bridgehead atoms. The van der Waals surface area contributed by atoms with Gasteiger partial charge in [-0.1, -0.05) is 30.3 Å². The lowest BCUT2D eigenvalue weighted by Crippen LogP contribution is -2.46. The molecule has 27 heavy (non-hydrogen) atoms. The van der Waals surface area contributed by atoms with Crippen molar-refractivity contribution in [3.05, 3.63) is 48.2 Å². The maximum absolute atomic E-state index is 12.4. The molecule has 0 spiro atoms. The Morgan fingerprint density at radius 2 is 1.85 bits per heavy atom. The third-order valence-corrected chi connectivity index (χ3v) is 4.86. The fourth-order valence-electron chi connectivity index (χ4n) is 3.18. The number of benzene rings is 1. The maximum atomic E-state index is 12.4. The molecule has 1 aromatic heterocycles. The molecule has 0 atom stereocenters. The second-order valence-corrected chi connectivity index (χ2v) is 6.98. The molecule has 0 N–H and O–H groups in total. The van der Waals surface area contributed by atoms with Crippen molar-refractivity contribution in [2.24, 2.45) is 0 Å². The van der Waals surface area contributed by atoms with Crippen molar-refractivity contribution >= 4 is 17.9 Å². The van der Waals surface area contributed by atoms with Crippen LogP contribution in [0.25, 0.3) is 0 Å². The van der Waals surface area contributed by atoms with Crippen LogP contribution in [0.1, 0.15) is 18.4 Å². The Hall–Kier alpha value is -2.83. The minimum Gasteiger partial charge on any atom is -0.445 e. The Morgan fingerprint density at radius 1 is 1.15 bits per heavy atom. The molecule has 7 nitrogen and oxygen atoms in total. The summed E-state index contributed by atoms with van der Waals surface area (Å²) in [6.45, 7) is 2.01. The zero-order chi connectivity index (χ0) is 19.2. The molecular weight excluding hydrogens is 342 g/mol. The number of carbonyl (C=O) groups is 1. The Labute approximate surface area is 160 Å². The van der Waals surface area contributed by atoms with E-state index in [4.69, 9.17) is 4.74 Å². The van der Waals surface area contributed by atoms with Gasteiger partial charge in [0, 0.05) is 46.5 Å². The highest BCUT2D eigenvalue weighted by atomic mass is 16.6. The number of hydrogen-bond acceptors (Lipinski definition) is 6. The van der Waals surface area contributed by atoms with Gasteiger partial charge >= 0.3 is 6.09 Å². The second-order valence-electron chi connectivity index (χ2n) is 6.98. The molecule has 2 heterocycles. The van der Waals surface area contributed by atoms with Gasteiger partial charge in [-0.25, -0.2) is 9.78 Å². The largest absolute Gasteiger partial charge is 0.445 e. The van der Waals surface area contributed by atoms with Gasteiger partial charge in [0.2, 0.25) is 5.95 Å². The van der Waals surface area contributed by atoms with Crippen LogP contribution in [0.4, 0.5) is 16.6 Å². The van der Waals surface area contributed by atoms with Crippen molar-refractivity contribution in [2.75, 3.05) is 44.0 Å². The molecule has 3 rings (SSSR count). The van der Waals surface area contributed by atoms with E-state index in [1.54, 1.807) is 11.1 Å². The second kappa shape index (κ2) is 8.70. The van der Waals surface area contributed by atoms with E-state index in [0.29, 0.717) is 12.6 Å². The topological polar surface area (TPSA) is 61.8 Å². The Bertz CT molecular complexity index is 745. The van der Waals surface area contributed by atoms with Gasteiger partial charge < -0.3 is 19.4 Å². The van der Waals surface area contributed by atoms with Crippen molar-refractivity contribution in [3.8, 4) is 0 Å². The molecule has 1 saturated heterocycles. The predicted molar refractivity (Wildman–Crippen MR) is 106 cm³/mol. The van der Waals surface area contributed by atoms with Crippen LogP contribution in [0.15, 0.2) is 42.6 Å². The first-order valence-electron chi connectivity index (χ1n) is 9.23. The summed E-state index contributed by atoms with van der Waals surface area (Å²) in [5.41, 5.74) is 0.995. The number of nitrogens with zero attached hydrogens (tertiary/aromatic N) is 5. The van der Waals surface area contributed by atoms with Crippen molar-refractivity contribution in [3.63, 3.8) is 0 Å². The van der Waals surface area contributed by atoms with Gasteiger partial charge in [-0.05, 0) is 24.5 Å². The number of amides is 1. The first kappa shape index (κ1) is 18.9. The van der Waals surface area contributed by atoms with E-state index in [0.717, 1.165) is 37.3 Å². The van der Waals surface area contributed by atoms with Gasteiger partial charge in [-0.3, -0.25) is 0 Å². The van der Waals surface area contributed by atoms with Gasteiger partial charge in [0.1, 0.15) is 12.4 Å². The highest BCUT2D eigenvalue weighted by Gasteiger charge is 2.27. The average molecular weight is 369 g/mol. The lowest BCUT2D eigenvalue weighted by molar-refractivity contribution is 0.0862. The van der Waals surface area contributed by atoms with Gasteiger partial charge in [0.25, 0.3) is 0 Å². The third kappa shape index (κ3) is 4.87. The van der Waals surface area contributed by atoms with E-state index < -0.39 is 0 Å². The van der Waals surface area contributed by atoms with Crippen molar-refractivity contribution < 1.29 is 9.53 Å². The summed E-state index contributed by atoms with van der Waals surface area (Å²) in [6, 6.07) is 11.9. The van der Waals surface area contributed by atoms with E-state index >= 15 is 0 Å². The molecular formula is C20H27N5O2. The molecule has 1 aromatic carbocycles. The lowest BCUT2D eigenvalue weighted by atomic mass is 10.0. The van der Waals surface area contributed by atoms with Crippen LogP contribution in [0, 0.1) is 0 Å². The van der Waals surface area contributed by atoms with Gasteiger partial charge in [0.05, 0.1) is 0 Å². The zero-order valence-electron chi connectivity index (χ0n) is 16.2. The molecule has 1 fully saturated rings. The average Bonchev–Trinajstić information content (AvgIpc) is 2.72. The third-order valence-electron chi connectivity index (χ3n) is 4.86. The minimum absolute atomic E-state index is 0.180. The molecule has 0 saturated carbocycles. The molecule has 1 aliphatic rings. The monoisotopic (exact) mass is 369 g/mol. The number of piperidine rings is 1. The van der Waals surface area contributed by atoms with Crippen LogP contribution in [0.5, 0.6) is 0 Å². The van der Waals surface area contributed by atoms with Crippen molar-refractivity contribution in [1.29, 1.82) is 0 Å². The van der Waals surface area contributed by atoms with Gasteiger partial charge in [-0.15, -0.1) is 0 Å². The lowest BCUT2D eigenvalue weighted by Gasteiger charge is -2.36. The van der Waals surface area contributed by atoms with Crippen LogP contribution in [-0.2, 0) is 11.3 Å². The SMILES string of the molecule is CN(C)c1nccc(N2CCC(N(C)C(=O)OCc3ccccc3)CC2)n1. The summed E-state index contributed by atoms with van der Waals surface area (Å²) in [4.78, 5) is 27.1. The first-order valence-corrected chi connectivity index (χ1v) is 9.23. The molecule has 0 radical (unpaired) electrons. The first-order chi connectivity index (χ1) is 13.0. The quantitative estimate of drug-likeness (QED) is 0.808. The van der Waals surface area contributed by atoms with E-state index in [9.17, 15) is 4.79 Å². The predicted octanol–water partition coefficient (Wildman–Crippen LogP) is 2.78. The summed E-state index contributed by atoms with van der Waals surface area (Å²) in [6.07, 6.45) is 3.29. The van der Waals surface area contributed by atoms with Crippen molar-refractivity contribution in [1.82, 2.24) is 14.9 Å². The summed E-state index contributed by atoms with van der Waals surface area (Å²) >= 11 is 0. The fraction of sp³-hybridized carbons (Fsp3) is 0.450. The van der Waals surface area contributed by atoms with E-state index in [-0.39, 0.29) is 12.1 Å². The number of ether oxygens (including phenoxy) is 1. The molecule has 0 unspecified atom stereocenters. The molecule has 0 aliphatic carbocycles. The number of hydrogen-bond donors (Lipinski definition) is 0. The zero-order valence-corrected chi connectivity index (χ0v) is 16.2. The Kier molecular flexibility index (Phi) is 6.11. The highest BCUT2D eigenvalue weighted by molar-refractivity contribution is 5.67. The Balaban J connectivity index is 1.50. The van der Waals surface area contributed by atoms with Crippen LogP contribution in [0.3, 0.4) is 0 Å². The number of carbonyl (C=O) groups excluding carboxylic acids is 1. The number of anilines is 2. The summed E-state index contributed by atoms with van der Waals surface area (Å²) in [7, 11) is 5.69. The van der Waals surface area contributed by atoms with Gasteiger partial charge in [-0.2, -0.15) is 4.98 Å². The minimum atomic E-state index is -0.269. The molecule has 2 aromatic rings. The molecule has 1 amide bonds. The standard InChI is InChI=1S/C20H27N5O2/c1-23(2)19-21-12-9-18(22-19)25-13-10-17(11-14-25)24(3)20(26)27-15-16-7-5-4-6-8-16/h4-9,12,17H,10-11,13-15H2,1-3H3. The van der Waals surface area contributed by atoms with E-state index in [2.05, 4.69) is 14.9 Å². The van der Waals surface area contributed by atoms with Crippen LogP contribution < -0.4 is 9.80 Å². The van der Waals surface area contributed by atoms with Gasteiger partial charge in [0.15, 0.2) is 0 Å². The maximum Gasteiger partial charge on any atom is 0.410 e. The summed E-state index contributed by atoms with van der Waals surface area (Å²) in [5, 5.41) is 0. The molecule has 1 aliphatic heterocycles. The van der Waals surface area contributed by atoms with Crippen LogP contribution in [-0.4, -0.2) is 61.2 Å². The van der Waals surface area contributed by atoms with Crippen LogP contribution in [0.2, 0.25) is 0 Å². The normalized spacial score (nSPS) is 14.7. The summed E-state index contributed by atoms with van der Waals surface area (Å²) < 4.78 is 5.44. The van der Waals surface area contributed by atoms with Crippen LogP contribution >= 0.6 is 0 Å². The Morgan fingerprint density at radius 3 is 2.52 bits per heavy atom. The molecule has 7 heteroatoms. The fourth-order valence-corrected chi connectivity index (χ4v) is 3.18. The summed E-state index contributed by atoms with van der Waals surface area (Å²) in [5.74, 6) is 1.64. The van der Waals surface area contributed by atoms with E-state index in [1.807, 2.05) is 62.4 Å². The highest BCUT2D eigenvalue weighted by Crippen LogP contribution is 2.22. The van der Waals surface area contributed by atoms with E-state index in [1.165, 1.54) is 0 Å². The number of rotatable bonds is 5.